The average Bonchev–Trinajstić information content (AvgIpc) is 2.51. The molecular weight excluding hydrogens is 278 g/mol. The first-order valence-corrected chi connectivity index (χ1v) is 6.47. The lowest BCUT2D eigenvalue weighted by Crippen LogP contribution is -2.16. The Balaban J connectivity index is 2.05. The minimum absolute atomic E-state index is 0.155. The highest BCUT2D eigenvalue weighted by Gasteiger charge is 2.22. The summed E-state index contributed by atoms with van der Waals surface area (Å²) in [6.45, 7) is 2.29. The number of fused-ring (bicyclic) bond motifs is 1. The van der Waals surface area contributed by atoms with Crippen LogP contribution in [0.5, 0.6) is 11.5 Å². The van der Waals surface area contributed by atoms with Crippen molar-refractivity contribution in [2.45, 2.75) is 6.92 Å². The van der Waals surface area contributed by atoms with E-state index in [1.165, 1.54) is 25.1 Å². The first kappa shape index (κ1) is 13.5. The molecule has 0 aromatic heterocycles. The van der Waals surface area contributed by atoms with Gasteiger partial charge in [-0.25, -0.2) is 8.78 Å². The van der Waals surface area contributed by atoms with Crippen molar-refractivity contribution in [1.29, 1.82) is 0 Å². The number of benzene rings is 2. The van der Waals surface area contributed by atoms with E-state index in [2.05, 4.69) is 0 Å². The van der Waals surface area contributed by atoms with E-state index in [0.29, 0.717) is 24.7 Å². The highest BCUT2D eigenvalue weighted by molar-refractivity contribution is 6.09. The predicted octanol–water partition coefficient (Wildman–Crippen LogP) is 3.28. The summed E-state index contributed by atoms with van der Waals surface area (Å²) in [5, 5.41) is 0. The van der Waals surface area contributed by atoms with Crippen LogP contribution in [0.1, 0.15) is 21.5 Å². The molecule has 5 heteroatoms. The summed E-state index contributed by atoms with van der Waals surface area (Å²) in [4.78, 5) is 12.3. The molecule has 0 atom stereocenters. The fourth-order valence-electron chi connectivity index (χ4n) is 2.19. The molecule has 0 N–H and O–H groups in total. The number of hydrogen-bond donors (Lipinski definition) is 0. The SMILES string of the molecule is Cc1ccc(F)c(C(=O)c2ccc3c(c2)OCCO3)c1F. The summed E-state index contributed by atoms with van der Waals surface area (Å²) < 4.78 is 38.5. The van der Waals surface area contributed by atoms with E-state index in [-0.39, 0.29) is 11.1 Å². The predicted molar refractivity (Wildman–Crippen MR) is 72.0 cm³/mol. The molecule has 2 aromatic carbocycles. The van der Waals surface area contributed by atoms with E-state index in [0.717, 1.165) is 6.07 Å². The molecule has 0 unspecified atom stereocenters. The second-order valence-corrected chi connectivity index (χ2v) is 4.74. The van der Waals surface area contributed by atoms with E-state index in [1.54, 1.807) is 6.07 Å². The summed E-state index contributed by atoms with van der Waals surface area (Å²) in [6.07, 6.45) is 0. The van der Waals surface area contributed by atoms with Gasteiger partial charge in [0.15, 0.2) is 17.3 Å². The summed E-state index contributed by atoms with van der Waals surface area (Å²) in [5.74, 6) is -1.51. The molecule has 1 aliphatic rings. The van der Waals surface area contributed by atoms with Gasteiger partial charge in [-0.05, 0) is 36.8 Å². The van der Waals surface area contributed by atoms with Gasteiger partial charge in [-0.3, -0.25) is 4.79 Å². The van der Waals surface area contributed by atoms with Crippen LogP contribution in [0.25, 0.3) is 0 Å². The molecule has 0 radical (unpaired) electrons. The number of halogens is 2. The lowest BCUT2D eigenvalue weighted by Gasteiger charge is -2.18. The van der Waals surface area contributed by atoms with Gasteiger partial charge in [0.05, 0.1) is 5.56 Å². The smallest absolute Gasteiger partial charge is 0.199 e. The van der Waals surface area contributed by atoms with E-state index in [4.69, 9.17) is 9.47 Å². The van der Waals surface area contributed by atoms with Crippen LogP contribution in [0.4, 0.5) is 8.78 Å². The zero-order valence-corrected chi connectivity index (χ0v) is 11.3. The maximum absolute atomic E-state index is 14.0. The molecule has 1 aliphatic heterocycles. The number of hydrogen-bond acceptors (Lipinski definition) is 3. The number of aryl methyl sites for hydroxylation is 1. The van der Waals surface area contributed by atoms with Gasteiger partial charge in [0.2, 0.25) is 0 Å². The van der Waals surface area contributed by atoms with Gasteiger partial charge >= 0.3 is 0 Å². The molecule has 0 fully saturated rings. The van der Waals surface area contributed by atoms with Gasteiger partial charge in [0.25, 0.3) is 0 Å². The van der Waals surface area contributed by atoms with Crippen LogP contribution in [0.15, 0.2) is 30.3 Å². The third kappa shape index (κ3) is 2.35. The van der Waals surface area contributed by atoms with Gasteiger partial charge in [-0.1, -0.05) is 6.07 Å². The van der Waals surface area contributed by atoms with Crippen molar-refractivity contribution >= 4 is 5.78 Å². The minimum Gasteiger partial charge on any atom is -0.486 e. The summed E-state index contributed by atoms with van der Waals surface area (Å²) in [7, 11) is 0. The van der Waals surface area contributed by atoms with Crippen molar-refractivity contribution < 1.29 is 23.0 Å². The fourth-order valence-corrected chi connectivity index (χ4v) is 2.19. The molecule has 3 nitrogen and oxygen atoms in total. The second-order valence-electron chi connectivity index (χ2n) is 4.74. The normalized spacial score (nSPS) is 13.1. The third-order valence-corrected chi connectivity index (χ3v) is 3.32. The molecule has 2 aromatic rings. The van der Waals surface area contributed by atoms with Crippen molar-refractivity contribution in [2.24, 2.45) is 0 Å². The van der Waals surface area contributed by atoms with Gasteiger partial charge in [-0.15, -0.1) is 0 Å². The second kappa shape index (κ2) is 5.16. The third-order valence-electron chi connectivity index (χ3n) is 3.32. The Morgan fingerprint density at radius 3 is 2.52 bits per heavy atom. The number of carbonyl (C=O) groups excluding carboxylic acids is 1. The molecule has 1 heterocycles. The molecule has 0 saturated carbocycles. The largest absolute Gasteiger partial charge is 0.486 e. The number of carbonyl (C=O) groups is 1. The monoisotopic (exact) mass is 290 g/mol. The van der Waals surface area contributed by atoms with Crippen LogP contribution < -0.4 is 9.47 Å². The van der Waals surface area contributed by atoms with Gasteiger partial charge < -0.3 is 9.47 Å². The van der Waals surface area contributed by atoms with Crippen LogP contribution in [0.2, 0.25) is 0 Å². The van der Waals surface area contributed by atoms with Crippen LogP contribution in [-0.4, -0.2) is 19.0 Å². The maximum atomic E-state index is 14.0. The zero-order valence-electron chi connectivity index (χ0n) is 11.3. The zero-order chi connectivity index (χ0) is 15.0. The first-order chi connectivity index (χ1) is 10.1. The van der Waals surface area contributed by atoms with Gasteiger partial charge in [0, 0.05) is 5.56 Å². The molecule has 0 saturated heterocycles. The Labute approximate surface area is 120 Å². The van der Waals surface area contributed by atoms with Crippen LogP contribution in [-0.2, 0) is 0 Å². The van der Waals surface area contributed by atoms with Crippen molar-refractivity contribution in [3.63, 3.8) is 0 Å². The van der Waals surface area contributed by atoms with Gasteiger partial charge in [0.1, 0.15) is 24.8 Å². The van der Waals surface area contributed by atoms with Crippen molar-refractivity contribution in [3.05, 3.63) is 58.7 Å². The highest BCUT2D eigenvalue weighted by atomic mass is 19.1. The molecular formula is C16H12F2O3. The molecule has 0 amide bonds. The standard InChI is InChI=1S/C16H12F2O3/c1-9-2-4-11(17)14(15(9)18)16(19)10-3-5-12-13(8-10)21-7-6-20-12/h2-5,8H,6-7H2,1H3. The van der Waals surface area contributed by atoms with E-state index in [9.17, 15) is 13.6 Å². The lowest BCUT2D eigenvalue weighted by atomic mass is 9.99. The summed E-state index contributed by atoms with van der Waals surface area (Å²) >= 11 is 0. The molecule has 108 valence electrons. The fraction of sp³-hybridized carbons (Fsp3) is 0.188. The number of ketones is 1. The topological polar surface area (TPSA) is 35.5 Å². The number of rotatable bonds is 2. The highest BCUT2D eigenvalue weighted by Crippen LogP contribution is 2.32. The summed E-state index contributed by atoms with van der Waals surface area (Å²) in [6, 6.07) is 6.86. The Kier molecular flexibility index (Phi) is 3.33. The Bertz CT molecular complexity index is 726. The summed E-state index contributed by atoms with van der Waals surface area (Å²) in [5.41, 5.74) is -0.174. The van der Waals surface area contributed by atoms with E-state index in [1.807, 2.05) is 0 Å². The van der Waals surface area contributed by atoms with Crippen LogP contribution in [0.3, 0.4) is 0 Å². The first-order valence-electron chi connectivity index (χ1n) is 6.47. The van der Waals surface area contributed by atoms with Crippen LogP contribution >= 0.6 is 0 Å². The van der Waals surface area contributed by atoms with Crippen molar-refractivity contribution in [1.82, 2.24) is 0 Å². The quantitative estimate of drug-likeness (QED) is 0.796. The molecule has 0 spiro atoms. The molecule has 3 rings (SSSR count). The van der Waals surface area contributed by atoms with Crippen molar-refractivity contribution in [3.8, 4) is 11.5 Å². The molecule has 21 heavy (non-hydrogen) atoms. The maximum Gasteiger partial charge on any atom is 0.199 e. The van der Waals surface area contributed by atoms with E-state index >= 15 is 0 Å². The van der Waals surface area contributed by atoms with Crippen molar-refractivity contribution in [2.75, 3.05) is 13.2 Å². The Morgan fingerprint density at radius 2 is 1.76 bits per heavy atom. The van der Waals surface area contributed by atoms with E-state index < -0.39 is 23.0 Å². The van der Waals surface area contributed by atoms with Crippen LogP contribution in [0, 0.1) is 18.6 Å². The molecule has 0 aliphatic carbocycles. The number of ether oxygens (including phenoxy) is 2. The average molecular weight is 290 g/mol. The Hall–Kier alpha value is -2.43. The van der Waals surface area contributed by atoms with Gasteiger partial charge in [-0.2, -0.15) is 0 Å². The molecule has 0 bridgehead atoms. The lowest BCUT2D eigenvalue weighted by molar-refractivity contribution is 0.102. The minimum atomic E-state index is -0.877. The Morgan fingerprint density at radius 1 is 1.05 bits per heavy atom.